The largest absolute Gasteiger partial charge is 0.365 e. The van der Waals surface area contributed by atoms with Crippen molar-refractivity contribution in [3.8, 4) is 0 Å². The fourth-order valence-electron chi connectivity index (χ4n) is 1.84. The average Bonchev–Trinajstić information content (AvgIpc) is 2.20. The topological polar surface area (TPSA) is 36.1 Å². The SMILES string of the molecule is Cc1ccc(N[C@H]2C[C@H](C)NC(=S)N2)cc1. The van der Waals surface area contributed by atoms with Crippen molar-refractivity contribution in [1.29, 1.82) is 0 Å². The van der Waals surface area contributed by atoms with Crippen LogP contribution in [0.5, 0.6) is 0 Å². The minimum Gasteiger partial charge on any atom is -0.365 e. The second-order valence-electron chi connectivity index (χ2n) is 4.32. The molecule has 86 valence electrons. The summed E-state index contributed by atoms with van der Waals surface area (Å²) in [5, 5.41) is 10.6. The quantitative estimate of drug-likeness (QED) is 0.685. The third-order valence-corrected chi connectivity index (χ3v) is 2.90. The Hall–Kier alpha value is -1.29. The minimum atomic E-state index is 0.214. The van der Waals surface area contributed by atoms with Crippen LogP contribution in [0.3, 0.4) is 0 Å². The van der Waals surface area contributed by atoms with Crippen molar-refractivity contribution in [3.63, 3.8) is 0 Å². The van der Waals surface area contributed by atoms with Gasteiger partial charge in [-0.1, -0.05) is 17.7 Å². The van der Waals surface area contributed by atoms with Crippen LogP contribution in [-0.2, 0) is 0 Å². The Morgan fingerprint density at radius 3 is 2.56 bits per heavy atom. The Labute approximate surface area is 102 Å². The van der Waals surface area contributed by atoms with Crippen LogP contribution in [0.4, 0.5) is 5.69 Å². The molecule has 1 aliphatic rings. The maximum absolute atomic E-state index is 5.13. The molecule has 0 saturated carbocycles. The van der Waals surface area contributed by atoms with Gasteiger partial charge in [-0.3, -0.25) is 0 Å². The molecule has 3 N–H and O–H groups in total. The van der Waals surface area contributed by atoms with E-state index >= 15 is 0 Å². The highest BCUT2D eigenvalue weighted by Crippen LogP contribution is 2.12. The molecule has 0 aliphatic carbocycles. The van der Waals surface area contributed by atoms with Gasteiger partial charge in [0.2, 0.25) is 0 Å². The van der Waals surface area contributed by atoms with Crippen molar-refractivity contribution < 1.29 is 0 Å². The second kappa shape index (κ2) is 4.70. The third-order valence-electron chi connectivity index (χ3n) is 2.66. The van der Waals surface area contributed by atoms with E-state index in [2.05, 4.69) is 54.1 Å². The molecule has 1 fully saturated rings. The summed E-state index contributed by atoms with van der Waals surface area (Å²) in [7, 11) is 0. The van der Waals surface area contributed by atoms with Crippen LogP contribution >= 0.6 is 12.2 Å². The lowest BCUT2D eigenvalue weighted by molar-refractivity contribution is 0.475. The van der Waals surface area contributed by atoms with Gasteiger partial charge in [0.1, 0.15) is 6.17 Å². The first-order chi connectivity index (χ1) is 7.63. The molecular weight excluding hydrogens is 218 g/mol. The van der Waals surface area contributed by atoms with Crippen molar-refractivity contribution >= 4 is 23.0 Å². The van der Waals surface area contributed by atoms with E-state index in [1.807, 2.05) is 0 Å². The third kappa shape index (κ3) is 2.85. The Morgan fingerprint density at radius 1 is 1.25 bits per heavy atom. The zero-order valence-corrected chi connectivity index (χ0v) is 10.4. The van der Waals surface area contributed by atoms with Crippen LogP contribution in [-0.4, -0.2) is 17.3 Å². The van der Waals surface area contributed by atoms with E-state index in [4.69, 9.17) is 12.2 Å². The van der Waals surface area contributed by atoms with Crippen LogP contribution in [0.1, 0.15) is 18.9 Å². The maximum Gasteiger partial charge on any atom is 0.168 e. The lowest BCUT2D eigenvalue weighted by Gasteiger charge is -2.32. The molecule has 1 aliphatic heterocycles. The van der Waals surface area contributed by atoms with Crippen LogP contribution in [0.2, 0.25) is 0 Å². The number of hydrogen-bond acceptors (Lipinski definition) is 2. The molecular formula is C12H17N3S. The van der Waals surface area contributed by atoms with Gasteiger partial charge in [0, 0.05) is 18.2 Å². The monoisotopic (exact) mass is 235 g/mol. The zero-order valence-electron chi connectivity index (χ0n) is 9.58. The van der Waals surface area contributed by atoms with Gasteiger partial charge < -0.3 is 16.0 Å². The molecule has 1 heterocycles. The van der Waals surface area contributed by atoms with E-state index in [0.29, 0.717) is 6.04 Å². The summed E-state index contributed by atoms with van der Waals surface area (Å²) in [5.74, 6) is 0. The molecule has 2 rings (SSSR count). The van der Waals surface area contributed by atoms with Crippen molar-refractivity contribution in [3.05, 3.63) is 29.8 Å². The number of hydrogen-bond donors (Lipinski definition) is 3. The molecule has 4 heteroatoms. The van der Waals surface area contributed by atoms with Crippen LogP contribution in [0.15, 0.2) is 24.3 Å². The number of benzene rings is 1. The minimum absolute atomic E-state index is 0.214. The van der Waals surface area contributed by atoms with Gasteiger partial charge in [-0.25, -0.2) is 0 Å². The lowest BCUT2D eigenvalue weighted by Crippen LogP contribution is -2.55. The summed E-state index contributed by atoms with van der Waals surface area (Å²) in [6.07, 6.45) is 1.22. The first-order valence-electron chi connectivity index (χ1n) is 5.54. The van der Waals surface area contributed by atoms with Gasteiger partial charge in [-0.05, 0) is 38.2 Å². The van der Waals surface area contributed by atoms with Crippen molar-refractivity contribution in [2.45, 2.75) is 32.5 Å². The molecule has 0 amide bonds. The van der Waals surface area contributed by atoms with Gasteiger partial charge in [0.25, 0.3) is 0 Å². The second-order valence-corrected chi connectivity index (χ2v) is 4.73. The molecule has 1 aromatic rings. The highest BCUT2D eigenvalue weighted by atomic mass is 32.1. The molecule has 16 heavy (non-hydrogen) atoms. The molecule has 1 saturated heterocycles. The fourth-order valence-corrected chi connectivity index (χ4v) is 2.18. The Kier molecular flexibility index (Phi) is 3.29. The molecule has 0 radical (unpaired) electrons. The number of thiocarbonyl (C=S) groups is 1. The molecule has 0 spiro atoms. The summed E-state index contributed by atoms with van der Waals surface area (Å²) in [6.45, 7) is 4.22. The van der Waals surface area contributed by atoms with E-state index in [1.54, 1.807) is 0 Å². The first-order valence-corrected chi connectivity index (χ1v) is 5.94. The molecule has 2 atom stereocenters. The molecule has 1 aromatic carbocycles. The van der Waals surface area contributed by atoms with E-state index < -0.39 is 0 Å². The van der Waals surface area contributed by atoms with E-state index in [-0.39, 0.29) is 6.17 Å². The molecule has 0 unspecified atom stereocenters. The summed E-state index contributed by atoms with van der Waals surface area (Å²) in [6, 6.07) is 8.80. The number of rotatable bonds is 2. The van der Waals surface area contributed by atoms with Crippen molar-refractivity contribution in [2.24, 2.45) is 0 Å². The Bertz CT molecular complexity index is 374. The molecule has 0 aromatic heterocycles. The Balaban J connectivity index is 1.98. The average molecular weight is 235 g/mol. The van der Waals surface area contributed by atoms with Gasteiger partial charge in [0.05, 0.1) is 0 Å². The predicted octanol–water partition coefficient (Wildman–Crippen LogP) is 1.99. The summed E-state index contributed by atoms with van der Waals surface area (Å²) in [4.78, 5) is 0. The maximum atomic E-state index is 5.13. The summed E-state index contributed by atoms with van der Waals surface area (Å²) >= 11 is 5.13. The highest BCUT2D eigenvalue weighted by Gasteiger charge is 2.19. The van der Waals surface area contributed by atoms with Crippen molar-refractivity contribution in [2.75, 3.05) is 5.32 Å². The Morgan fingerprint density at radius 2 is 1.94 bits per heavy atom. The fraction of sp³-hybridized carbons (Fsp3) is 0.417. The lowest BCUT2D eigenvalue weighted by atomic mass is 10.1. The van der Waals surface area contributed by atoms with Crippen LogP contribution in [0, 0.1) is 6.92 Å². The normalized spacial score (nSPS) is 24.5. The van der Waals surface area contributed by atoms with Gasteiger partial charge in [-0.15, -0.1) is 0 Å². The van der Waals surface area contributed by atoms with E-state index in [1.165, 1.54) is 5.56 Å². The summed E-state index contributed by atoms with van der Waals surface area (Å²) < 4.78 is 0. The van der Waals surface area contributed by atoms with Gasteiger partial charge in [0.15, 0.2) is 5.11 Å². The van der Waals surface area contributed by atoms with Crippen molar-refractivity contribution in [1.82, 2.24) is 10.6 Å². The van der Waals surface area contributed by atoms with Crippen LogP contribution in [0.25, 0.3) is 0 Å². The van der Waals surface area contributed by atoms with E-state index in [0.717, 1.165) is 17.2 Å². The molecule has 3 nitrogen and oxygen atoms in total. The molecule has 0 bridgehead atoms. The summed E-state index contributed by atoms with van der Waals surface area (Å²) in [5.41, 5.74) is 2.40. The number of anilines is 1. The smallest absolute Gasteiger partial charge is 0.168 e. The van der Waals surface area contributed by atoms with Crippen LogP contribution < -0.4 is 16.0 Å². The van der Waals surface area contributed by atoms with Gasteiger partial charge >= 0.3 is 0 Å². The highest BCUT2D eigenvalue weighted by molar-refractivity contribution is 7.80. The van der Waals surface area contributed by atoms with E-state index in [9.17, 15) is 0 Å². The van der Waals surface area contributed by atoms with Gasteiger partial charge in [-0.2, -0.15) is 0 Å². The predicted molar refractivity (Wildman–Crippen MR) is 71.5 cm³/mol. The number of nitrogens with one attached hydrogen (secondary N) is 3. The number of aryl methyl sites for hydroxylation is 1. The first kappa shape index (κ1) is 11.2. The standard InChI is InChI=1S/C12H17N3S/c1-8-3-5-10(6-4-8)14-11-7-9(2)13-12(16)15-11/h3-6,9,11,14H,7H2,1-2H3,(H2,13,15,16)/t9-,11+/m0/s1. The zero-order chi connectivity index (χ0) is 11.5.